The summed E-state index contributed by atoms with van der Waals surface area (Å²) in [7, 11) is 3.55. The maximum Gasteiger partial charge on any atom is 0.0622 e. The summed E-state index contributed by atoms with van der Waals surface area (Å²) in [5.74, 6) is 1.27. The Balaban J connectivity index is 0. The van der Waals surface area contributed by atoms with Crippen molar-refractivity contribution in [2.24, 2.45) is 11.8 Å². The molecule has 2 atom stereocenters. The van der Waals surface area contributed by atoms with Crippen LogP contribution in [0.1, 0.15) is 80.1 Å². The molecule has 0 aliphatic carbocycles. The molecule has 0 amide bonds. The maximum absolute atomic E-state index is 5.33. The Kier molecular flexibility index (Phi) is 14.6. The zero-order chi connectivity index (χ0) is 19.2. The molecule has 0 fully saturated rings. The van der Waals surface area contributed by atoms with Crippen molar-refractivity contribution in [2.45, 2.75) is 91.3 Å². The average Bonchev–Trinajstić information content (AvgIpc) is 2.54. The molecule has 0 aliphatic rings. The molecule has 0 aromatic rings. The lowest BCUT2D eigenvalue weighted by Crippen LogP contribution is -2.22. The minimum atomic E-state index is 0.0425. The number of hydrogen-bond acceptors (Lipinski definition) is 2. The maximum atomic E-state index is 5.33. The van der Waals surface area contributed by atoms with Crippen molar-refractivity contribution in [2.75, 3.05) is 14.2 Å². The Morgan fingerprint density at radius 1 is 0.750 bits per heavy atom. The molecule has 0 rings (SSSR count). The van der Waals surface area contributed by atoms with Gasteiger partial charge in [-0.05, 0) is 65.2 Å². The highest BCUT2D eigenvalue weighted by Crippen LogP contribution is 2.19. The van der Waals surface area contributed by atoms with Crippen LogP contribution in [0.5, 0.6) is 0 Å². The zero-order valence-electron chi connectivity index (χ0n) is 17.8. The van der Waals surface area contributed by atoms with Crippen molar-refractivity contribution in [3.63, 3.8) is 0 Å². The molecule has 0 aromatic heterocycles. The van der Waals surface area contributed by atoms with Crippen LogP contribution in [-0.4, -0.2) is 25.4 Å². The highest BCUT2D eigenvalue weighted by Gasteiger charge is 2.16. The fourth-order valence-electron chi connectivity index (χ4n) is 2.14. The smallest absolute Gasteiger partial charge is 0.0622 e. The van der Waals surface area contributed by atoms with Crippen LogP contribution in [0.4, 0.5) is 0 Å². The van der Waals surface area contributed by atoms with E-state index in [1.165, 1.54) is 25.7 Å². The van der Waals surface area contributed by atoms with E-state index in [9.17, 15) is 0 Å². The van der Waals surface area contributed by atoms with Crippen molar-refractivity contribution in [1.29, 1.82) is 0 Å². The van der Waals surface area contributed by atoms with Gasteiger partial charge in [0.1, 0.15) is 0 Å². The largest absolute Gasteiger partial charge is 0.379 e. The summed E-state index contributed by atoms with van der Waals surface area (Å²) in [6.45, 7) is 20.5. The van der Waals surface area contributed by atoms with Gasteiger partial charge in [0.15, 0.2) is 0 Å². The minimum absolute atomic E-state index is 0.0425. The molecule has 2 unspecified atom stereocenters. The lowest BCUT2D eigenvalue weighted by molar-refractivity contribution is 0.0128. The fourth-order valence-corrected chi connectivity index (χ4v) is 2.14. The van der Waals surface area contributed by atoms with Crippen LogP contribution < -0.4 is 0 Å². The van der Waals surface area contributed by atoms with Crippen LogP contribution >= 0.6 is 0 Å². The summed E-state index contributed by atoms with van der Waals surface area (Å²) >= 11 is 0. The first kappa shape index (κ1) is 25.6. The third kappa shape index (κ3) is 16.3. The van der Waals surface area contributed by atoms with Gasteiger partial charge in [-0.1, -0.05) is 38.8 Å². The molecular weight excluding hydrogens is 296 g/mol. The van der Waals surface area contributed by atoms with Crippen molar-refractivity contribution in [1.82, 2.24) is 0 Å². The second-order valence-corrected chi connectivity index (χ2v) is 8.14. The molecule has 2 heteroatoms. The van der Waals surface area contributed by atoms with Crippen LogP contribution in [0.25, 0.3) is 0 Å². The molecule has 0 aromatic carbocycles. The fraction of sp³-hybridized carbons (Fsp3) is 0.818. The van der Waals surface area contributed by atoms with Crippen molar-refractivity contribution < 1.29 is 9.47 Å². The number of ether oxygens (including phenoxy) is 2. The highest BCUT2D eigenvalue weighted by atomic mass is 16.5. The standard InChI is InChI=1S/2C11H22O/c2*1-6-10(2)8-7-9-11(3,4)12-5/h2*6,10H,1,7-9H2,2-5H3. The summed E-state index contributed by atoms with van der Waals surface area (Å²) in [5, 5.41) is 0. The van der Waals surface area contributed by atoms with E-state index in [-0.39, 0.29) is 11.2 Å². The van der Waals surface area contributed by atoms with Crippen molar-refractivity contribution in [3.8, 4) is 0 Å². The number of methoxy groups -OCH3 is 2. The molecule has 0 saturated carbocycles. The zero-order valence-corrected chi connectivity index (χ0v) is 17.8. The molecule has 144 valence electrons. The summed E-state index contributed by atoms with van der Waals surface area (Å²) in [4.78, 5) is 0. The molecule has 0 heterocycles. The van der Waals surface area contributed by atoms with E-state index in [0.717, 1.165) is 12.8 Å². The third-order valence-corrected chi connectivity index (χ3v) is 4.79. The first-order valence-corrected chi connectivity index (χ1v) is 9.39. The second-order valence-electron chi connectivity index (χ2n) is 8.14. The SMILES string of the molecule is C=CC(C)CCCC(C)(C)OC.C=CC(C)CCCC(C)(C)OC. The first-order chi connectivity index (χ1) is 11.0. The van der Waals surface area contributed by atoms with Gasteiger partial charge in [0.2, 0.25) is 0 Å². The van der Waals surface area contributed by atoms with Crippen LogP contribution in [-0.2, 0) is 9.47 Å². The van der Waals surface area contributed by atoms with Crippen LogP contribution in [0, 0.1) is 11.8 Å². The van der Waals surface area contributed by atoms with Crippen LogP contribution in [0.3, 0.4) is 0 Å². The summed E-state index contributed by atoms with van der Waals surface area (Å²) in [5.41, 5.74) is 0.0851. The highest BCUT2D eigenvalue weighted by molar-refractivity contribution is 4.77. The third-order valence-electron chi connectivity index (χ3n) is 4.79. The quantitative estimate of drug-likeness (QED) is 0.363. The van der Waals surface area contributed by atoms with E-state index in [2.05, 4.69) is 54.7 Å². The van der Waals surface area contributed by atoms with Gasteiger partial charge in [0.25, 0.3) is 0 Å². The van der Waals surface area contributed by atoms with E-state index >= 15 is 0 Å². The lowest BCUT2D eigenvalue weighted by atomic mass is 9.97. The summed E-state index contributed by atoms with van der Waals surface area (Å²) in [6.07, 6.45) is 11.2. The Hall–Kier alpha value is -0.600. The van der Waals surface area contributed by atoms with Gasteiger partial charge in [-0.25, -0.2) is 0 Å². The van der Waals surface area contributed by atoms with Gasteiger partial charge in [-0.15, -0.1) is 13.2 Å². The number of rotatable bonds is 12. The predicted octanol–water partition coefficient (Wildman–Crippen LogP) is 6.81. The molecule has 2 nitrogen and oxygen atoms in total. The van der Waals surface area contributed by atoms with E-state index in [0.29, 0.717) is 11.8 Å². The predicted molar refractivity (Wildman–Crippen MR) is 109 cm³/mol. The lowest BCUT2D eigenvalue weighted by Gasteiger charge is -2.23. The minimum Gasteiger partial charge on any atom is -0.379 e. The molecule has 0 N–H and O–H groups in total. The van der Waals surface area contributed by atoms with Gasteiger partial charge >= 0.3 is 0 Å². The van der Waals surface area contributed by atoms with Crippen LogP contribution in [0.15, 0.2) is 25.3 Å². The topological polar surface area (TPSA) is 18.5 Å². The average molecular weight is 341 g/mol. The first-order valence-electron chi connectivity index (χ1n) is 9.39. The van der Waals surface area contributed by atoms with Gasteiger partial charge < -0.3 is 9.47 Å². The molecule has 0 radical (unpaired) electrons. The molecule has 0 aliphatic heterocycles. The van der Waals surface area contributed by atoms with Crippen LogP contribution in [0.2, 0.25) is 0 Å². The Labute approximate surface area is 152 Å². The van der Waals surface area contributed by atoms with E-state index in [1.807, 2.05) is 12.2 Å². The molecule has 0 saturated heterocycles. The normalized spacial score (nSPS) is 14.3. The van der Waals surface area contributed by atoms with Gasteiger partial charge in [-0.3, -0.25) is 0 Å². The van der Waals surface area contributed by atoms with E-state index in [4.69, 9.17) is 9.47 Å². The molecule has 0 spiro atoms. The van der Waals surface area contributed by atoms with Gasteiger partial charge in [-0.2, -0.15) is 0 Å². The van der Waals surface area contributed by atoms with E-state index in [1.54, 1.807) is 14.2 Å². The summed E-state index contributed by atoms with van der Waals surface area (Å²) in [6, 6.07) is 0. The second kappa shape index (κ2) is 13.7. The monoisotopic (exact) mass is 340 g/mol. The Morgan fingerprint density at radius 2 is 1.04 bits per heavy atom. The van der Waals surface area contributed by atoms with Crippen molar-refractivity contribution in [3.05, 3.63) is 25.3 Å². The number of allylic oxidation sites excluding steroid dienone is 2. The summed E-state index contributed by atoms with van der Waals surface area (Å²) < 4.78 is 10.7. The molecular formula is C22H44O2. The Morgan fingerprint density at radius 3 is 1.25 bits per heavy atom. The van der Waals surface area contributed by atoms with Gasteiger partial charge in [0.05, 0.1) is 11.2 Å². The molecule has 0 bridgehead atoms. The van der Waals surface area contributed by atoms with Gasteiger partial charge in [0, 0.05) is 14.2 Å². The molecule has 24 heavy (non-hydrogen) atoms. The van der Waals surface area contributed by atoms with Crippen molar-refractivity contribution >= 4 is 0 Å². The van der Waals surface area contributed by atoms with E-state index < -0.39 is 0 Å². The Bertz CT molecular complexity index is 286. The number of hydrogen-bond donors (Lipinski definition) is 0.